The number of nitrogens with one attached hydrogen (secondary N) is 1. The first-order valence-electron chi connectivity index (χ1n) is 4.57. The van der Waals surface area contributed by atoms with E-state index < -0.39 is 0 Å². The van der Waals surface area contributed by atoms with Crippen LogP contribution in [-0.2, 0) is 4.74 Å². The van der Waals surface area contributed by atoms with Gasteiger partial charge in [-0.1, -0.05) is 11.6 Å². The molecule has 0 amide bonds. The molecule has 0 spiro atoms. The molecule has 14 heavy (non-hydrogen) atoms. The second kappa shape index (κ2) is 4.17. The van der Waals surface area contributed by atoms with E-state index in [0.29, 0.717) is 11.6 Å². The van der Waals surface area contributed by atoms with Crippen molar-refractivity contribution in [3.05, 3.63) is 28.8 Å². The molecule has 2 N–H and O–H groups in total. The SMILES string of the molecule is Oc1cc(Cl)cc(C2CNCCO2)c1. The third-order valence-electron chi connectivity index (χ3n) is 2.20. The molecule has 1 fully saturated rings. The molecule has 4 heteroatoms. The molecule has 0 aliphatic carbocycles. The van der Waals surface area contributed by atoms with E-state index in [4.69, 9.17) is 16.3 Å². The molecule has 1 saturated heterocycles. The first-order valence-corrected chi connectivity index (χ1v) is 4.95. The van der Waals surface area contributed by atoms with E-state index in [0.717, 1.165) is 18.7 Å². The highest BCUT2D eigenvalue weighted by Gasteiger charge is 2.16. The van der Waals surface area contributed by atoms with Gasteiger partial charge in [0.1, 0.15) is 5.75 Å². The third-order valence-corrected chi connectivity index (χ3v) is 2.42. The second-order valence-corrected chi connectivity index (χ2v) is 3.74. The molecular weight excluding hydrogens is 202 g/mol. The minimum absolute atomic E-state index is 0.00616. The van der Waals surface area contributed by atoms with Crippen LogP contribution >= 0.6 is 11.6 Å². The molecule has 3 nitrogen and oxygen atoms in total. The van der Waals surface area contributed by atoms with Crippen molar-refractivity contribution in [2.24, 2.45) is 0 Å². The van der Waals surface area contributed by atoms with Crippen molar-refractivity contribution in [1.29, 1.82) is 0 Å². The van der Waals surface area contributed by atoms with Crippen LogP contribution in [0.15, 0.2) is 18.2 Å². The van der Waals surface area contributed by atoms with Crippen molar-refractivity contribution in [1.82, 2.24) is 5.32 Å². The highest BCUT2D eigenvalue weighted by molar-refractivity contribution is 6.30. The fourth-order valence-electron chi connectivity index (χ4n) is 1.56. The van der Waals surface area contributed by atoms with Gasteiger partial charge in [0.05, 0.1) is 12.7 Å². The van der Waals surface area contributed by atoms with Gasteiger partial charge < -0.3 is 15.2 Å². The topological polar surface area (TPSA) is 41.5 Å². The lowest BCUT2D eigenvalue weighted by molar-refractivity contribution is 0.0276. The summed E-state index contributed by atoms with van der Waals surface area (Å²) in [5.74, 6) is 0.182. The van der Waals surface area contributed by atoms with E-state index in [1.807, 2.05) is 6.07 Å². The molecule has 0 saturated carbocycles. The first kappa shape index (κ1) is 9.77. The van der Waals surface area contributed by atoms with Crippen molar-refractivity contribution in [2.75, 3.05) is 19.7 Å². The molecule has 1 heterocycles. The quantitative estimate of drug-likeness (QED) is 0.746. The number of hydrogen-bond donors (Lipinski definition) is 2. The van der Waals surface area contributed by atoms with Crippen LogP contribution in [0.25, 0.3) is 0 Å². The molecule has 1 aromatic rings. The summed E-state index contributed by atoms with van der Waals surface area (Å²) in [7, 11) is 0. The smallest absolute Gasteiger partial charge is 0.117 e. The Labute approximate surface area is 87.6 Å². The zero-order chi connectivity index (χ0) is 9.97. The Balaban J connectivity index is 2.21. The zero-order valence-electron chi connectivity index (χ0n) is 7.66. The standard InChI is InChI=1S/C10H12ClNO2/c11-8-3-7(4-9(13)5-8)10-6-12-1-2-14-10/h3-5,10,12-13H,1-2,6H2. The number of phenols is 1. The monoisotopic (exact) mass is 213 g/mol. The second-order valence-electron chi connectivity index (χ2n) is 3.31. The predicted molar refractivity (Wildman–Crippen MR) is 54.7 cm³/mol. The molecule has 0 radical (unpaired) electrons. The number of morpholine rings is 1. The van der Waals surface area contributed by atoms with Crippen LogP contribution in [0.3, 0.4) is 0 Å². The molecule has 1 aliphatic rings. The van der Waals surface area contributed by atoms with Crippen LogP contribution in [0.2, 0.25) is 5.02 Å². The van der Waals surface area contributed by atoms with Gasteiger partial charge >= 0.3 is 0 Å². The highest BCUT2D eigenvalue weighted by atomic mass is 35.5. The van der Waals surface area contributed by atoms with Gasteiger partial charge in [-0.25, -0.2) is 0 Å². The molecule has 1 atom stereocenters. The summed E-state index contributed by atoms with van der Waals surface area (Å²) in [5.41, 5.74) is 0.919. The lowest BCUT2D eigenvalue weighted by Crippen LogP contribution is -2.33. The summed E-state index contributed by atoms with van der Waals surface area (Å²) in [6, 6.07) is 5.02. The van der Waals surface area contributed by atoms with Crippen molar-refractivity contribution in [3.8, 4) is 5.75 Å². The maximum atomic E-state index is 9.36. The maximum Gasteiger partial charge on any atom is 0.117 e. The largest absolute Gasteiger partial charge is 0.508 e. The number of benzene rings is 1. The highest BCUT2D eigenvalue weighted by Crippen LogP contribution is 2.26. The Morgan fingerprint density at radius 2 is 2.29 bits per heavy atom. The van der Waals surface area contributed by atoms with Crippen LogP contribution in [0.1, 0.15) is 11.7 Å². The van der Waals surface area contributed by atoms with E-state index in [1.54, 1.807) is 6.07 Å². The Hall–Kier alpha value is -0.770. The number of halogens is 1. The van der Waals surface area contributed by atoms with Gasteiger partial charge in [0.25, 0.3) is 0 Å². The first-order chi connectivity index (χ1) is 6.75. The molecule has 2 rings (SSSR count). The number of aromatic hydroxyl groups is 1. The average molecular weight is 214 g/mol. The van der Waals surface area contributed by atoms with Crippen LogP contribution in [-0.4, -0.2) is 24.8 Å². The van der Waals surface area contributed by atoms with E-state index >= 15 is 0 Å². The summed E-state index contributed by atoms with van der Waals surface area (Å²) < 4.78 is 5.54. The van der Waals surface area contributed by atoms with E-state index in [9.17, 15) is 5.11 Å². The lowest BCUT2D eigenvalue weighted by Gasteiger charge is -2.24. The van der Waals surface area contributed by atoms with Crippen LogP contribution in [0.4, 0.5) is 0 Å². The Bertz CT molecular complexity index is 304. The van der Waals surface area contributed by atoms with Crippen molar-refractivity contribution < 1.29 is 9.84 Å². The summed E-state index contributed by atoms with van der Waals surface area (Å²) in [5, 5.41) is 13.1. The lowest BCUT2D eigenvalue weighted by atomic mass is 10.1. The minimum atomic E-state index is -0.00616. The van der Waals surface area contributed by atoms with Gasteiger partial charge in [0, 0.05) is 18.1 Å². The van der Waals surface area contributed by atoms with Crippen molar-refractivity contribution >= 4 is 11.6 Å². The minimum Gasteiger partial charge on any atom is -0.508 e. The van der Waals surface area contributed by atoms with Crippen molar-refractivity contribution in [3.63, 3.8) is 0 Å². The molecule has 0 aromatic heterocycles. The number of rotatable bonds is 1. The van der Waals surface area contributed by atoms with Crippen LogP contribution < -0.4 is 5.32 Å². The molecule has 1 aliphatic heterocycles. The fraction of sp³-hybridized carbons (Fsp3) is 0.400. The normalized spacial score (nSPS) is 22.2. The van der Waals surface area contributed by atoms with Crippen LogP contribution in [0, 0.1) is 0 Å². The van der Waals surface area contributed by atoms with Gasteiger partial charge in [0.2, 0.25) is 0 Å². The molecule has 0 bridgehead atoms. The molecule has 76 valence electrons. The third kappa shape index (κ3) is 2.18. The summed E-state index contributed by atoms with van der Waals surface area (Å²) >= 11 is 5.83. The Kier molecular flexibility index (Phi) is 2.91. The van der Waals surface area contributed by atoms with Gasteiger partial charge in [-0.05, 0) is 23.8 Å². The fourth-order valence-corrected chi connectivity index (χ4v) is 1.80. The number of phenolic OH excluding ortho intramolecular Hbond substituents is 1. The Morgan fingerprint density at radius 3 is 2.93 bits per heavy atom. The summed E-state index contributed by atoms with van der Waals surface area (Å²) in [6.07, 6.45) is -0.00616. The summed E-state index contributed by atoms with van der Waals surface area (Å²) in [6.45, 7) is 2.33. The zero-order valence-corrected chi connectivity index (χ0v) is 8.42. The number of ether oxygens (including phenoxy) is 1. The summed E-state index contributed by atoms with van der Waals surface area (Å²) in [4.78, 5) is 0. The van der Waals surface area contributed by atoms with E-state index in [1.165, 1.54) is 6.07 Å². The van der Waals surface area contributed by atoms with Gasteiger partial charge in [-0.15, -0.1) is 0 Å². The van der Waals surface area contributed by atoms with Gasteiger partial charge in [-0.2, -0.15) is 0 Å². The van der Waals surface area contributed by atoms with E-state index in [-0.39, 0.29) is 11.9 Å². The number of hydrogen-bond acceptors (Lipinski definition) is 3. The van der Waals surface area contributed by atoms with Gasteiger partial charge in [-0.3, -0.25) is 0 Å². The average Bonchev–Trinajstić information content (AvgIpc) is 2.18. The maximum absolute atomic E-state index is 9.36. The molecule has 1 unspecified atom stereocenters. The molecular formula is C10H12ClNO2. The molecule has 1 aromatic carbocycles. The Morgan fingerprint density at radius 1 is 1.43 bits per heavy atom. The van der Waals surface area contributed by atoms with Gasteiger partial charge in [0.15, 0.2) is 0 Å². The van der Waals surface area contributed by atoms with Crippen molar-refractivity contribution in [2.45, 2.75) is 6.10 Å². The van der Waals surface area contributed by atoms with Crippen LogP contribution in [0.5, 0.6) is 5.75 Å². The van der Waals surface area contributed by atoms with E-state index in [2.05, 4.69) is 5.32 Å². The predicted octanol–water partition coefficient (Wildman–Crippen LogP) is 1.71.